The lowest BCUT2D eigenvalue weighted by molar-refractivity contribution is -0.125. The Hall–Kier alpha value is -1.44. The van der Waals surface area contributed by atoms with Gasteiger partial charge in [-0.2, -0.15) is 4.31 Å². The molecule has 1 amide bonds. The van der Waals surface area contributed by atoms with Gasteiger partial charge in [0.05, 0.1) is 4.90 Å². The average Bonchev–Trinajstić information content (AvgIpc) is 2.63. The number of hydrogen-bond donors (Lipinski definition) is 1. The number of carbonyl (C=O) groups is 1. The van der Waals surface area contributed by atoms with E-state index in [0.29, 0.717) is 37.6 Å². The van der Waals surface area contributed by atoms with Gasteiger partial charge in [-0.3, -0.25) is 9.69 Å². The number of sulfonamides is 1. The van der Waals surface area contributed by atoms with Crippen molar-refractivity contribution in [3.05, 3.63) is 29.8 Å². The molecule has 1 aliphatic heterocycles. The Bertz CT molecular complexity index is 676. The minimum atomic E-state index is -3.42. The van der Waals surface area contributed by atoms with E-state index in [1.807, 2.05) is 32.9 Å². The summed E-state index contributed by atoms with van der Waals surface area (Å²) in [7, 11) is -3.42. The van der Waals surface area contributed by atoms with Gasteiger partial charge in [0.1, 0.15) is 0 Å². The van der Waals surface area contributed by atoms with Crippen LogP contribution >= 0.6 is 0 Å². The number of rotatable bonds is 8. The third-order valence-corrected chi connectivity index (χ3v) is 6.99. The SMILES string of the molecule is CCC(CC)C(=O)NCCN1CCN(S(=O)(=O)c2ccc(C)cc2)CC1. The molecule has 0 atom stereocenters. The second-order valence-electron chi connectivity index (χ2n) is 6.86. The Morgan fingerprint density at radius 2 is 1.65 bits per heavy atom. The van der Waals surface area contributed by atoms with Crippen LogP contribution in [0.15, 0.2) is 29.2 Å². The van der Waals surface area contributed by atoms with Gasteiger partial charge in [0.15, 0.2) is 0 Å². The van der Waals surface area contributed by atoms with Crippen LogP contribution in [0.4, 0.5) is 0 Å². The van der Waals surface area contributed by atoms with Crippen LogP contribution in [0.3, 0.4) is 0 Å². The van der Waals surface area contributed by atoms with Gasteiger partial charge in [-0.15, -0.1) is 0 Å². The van der Waals surface area contributed by atoms with Crippen LogP contribution in [0.5, 0.6) is 0 Å². The lowest BCUT2D eigenvalue weighted by Crippen LogP contribution is -2.50. The highest BCUT2D eigenvalue weighted by Gasteiger charge is 2.28. The summed E-state index contributed by atoms with van der Waals surface area (Å²) in [5.41, 5.74) is 1.05. The van der Waals surface area contributed by atoms with Crippen molar-refractivity contribution in [2.24, 2.45) is 5.92 Å². The first-order chi connectivity index (χ1) is 12.4. The monoisotopic (exact) mass is 381 g/mol. The number of aryl methyl sites for hydroxylation is 1. The van der Waals surface area contributed by atoms with Crippen molar-refractivity contribution >= 4 is 15.9 Å². The largest absolute Gasteiger partial charge is 0.355 e. The van der Waals surface area contributed by atoms with Gasteiger partial charge in [0, 0.05) is 45.2 Å². The van der Waals surface area contributed by atoms with E-state index in [1.54, 1.807) is 16.4 Å². The van der Waals surface area contributed by atoms with Gasteiger partial charge < -0.3 is 5.32 Å². The molecule has 0 spiro atoms. The fourth-order valence-electron chi connectivity index (χ4n) is 3.19. The first-order valence-electron chi connectivity index (χ1n) is 9.45. The highest BCUT2D eigenvalue weighted by atomic mass is 32.2. The summed E-state index contributed by atoms with van der Waals surface area (Å²) in [6.45, 7) is 9.70. The molecule has 1 aliphatic rings. The number of hydrogen-bond acceptors (Lipinski definition) is 4. The molecule has 0 radical (unpaired) electrons. The lowest BCUT2D eigenvalue weighted by atomic mass is 10.0. The van der Waals surface area contributed by atoms with E-state index in [2.05, 4.69) is 10.2 Å². The molecule has 1 heterocycles. The van der Waals surface area contributed by atoms with E-state index in [0.717, 1.165) is 24.9 Å². The van der Waals surface area contributed by atoms with E-state index >= 15 is 0 Å². The summed E-state index contributed by atoms with van der Waals surface area (Å²) in [5.74, 6) is 0.210. The second kappa shape index (κ2) is 9.48. The fraction of sp³-hybridized carbons (Fsp3) is 0.632. The van der Waals surface area contributed by atoms with E-state index in [1.165, 1.54) is 0 Å². The molecule has 2 rings (SSSR count). The highest BCUT2D eigenvalue weighted by Crippen LogP contribution is 2.18. The Labute approximate surface area is 157 Å². The number of nitrogens with one attached hydrogen (secondary N) is 1. The lowest BCUT2D eigenvalue weighted by Gasteiger charge is -2.34. The van der Waals surface area contributed by atoms with Crippen LogP contribution in [0.25, 0.3) is 0 Å². The van der Waals surface area contributed by atoms with E-state index in [9.17, 15) is 13.2 Å². The minimum Gasteiger partial charge on any atom is -0.355 e. The molecule has 1 saturated heterocycles. The fourth-order valence-corrected chi connectivity index (χ4v) is 4.62. The van der Waals surface area contributed by atoms with Crippen molar-refractivity contribution in [2.75, 3.05) is 39.3 Å². The third kappa shape index (κ3) is 5.28. The van der Waals surface area contributed by atoms with Crippen LogP contribution < -0.4 is 5.32 Å². The topological polar surface area (TPSA) is 69.7 Å². The van der Waals surface area contributed by atoms with Gasteiger partial charge in [-0.1, -0.05) is 31.5 Å². The van der Waals surface area contributed by atoms with Gasteiger partial charge in [-0.05, 0) is 31.9 Å². The Kier molecular flexibility index (Phi) is 7.61. The second-order valence-corrected chi connectivity index (χ2v) is 8.80. The molecule has 26 heavy (non-hydrogen) atoms. The minimum absolute atomic E-state index is 0.0894. The number of amides is 1. The number of piperazine rings is 1. The molecule has 146 valence electrons. The molecule has 7 heteroatoms. The molecule has 0 aliphatic carbocycles. The average molecular weight is 382 g/mol. The molecule has 1 aromatic rings. The third-order valence-electron chi connectivity index (χ3n) is 5.07. The number of carbonyl (C=O) groups excluding carboxylic acids is 1. The Balaban J connectivity index is 1.80. The van der Waals surface area contributed by atoms with Crippen LogP contribution in [0, 0.1) is 12.8 Å². The van der Waals surface area contributed by atoms with Crippen molar-refractivity contribution < 1.29 is 13.2 Å². The maximum absolute atomic E-state index is 12.7. The van der Waals surface area contributed by atoms with Gasteiger partial charge in [-0.25, -0.2) is 8.42 Å². The van der Waals surface area contributed by atoms with E-state index in [4.69, 9.17) is 0 Å². The molecule has 0 saturated carbocycles. The van der Waals surface area contributed by atoms with E-state index < -0.39 is 10.0 Å². The Morgan fingerprint density at radius 3 is 2.19 bits per heavy atom. The van der Waals surface area contributed by atoms with Gasteiger partial charge >= 0.3 is 0 Å². The number of benzene rings is 1. The summed E-state index contributed by atoms with van der Waals surface area (Å²) in [6, 6.07) is 6.99. The standard InChI is InChI=1S/C19H31N3O3S/c1-4-17(5-2)19(23)20-10-11-21-12-14-22(15-13-21)26(24,25)18-8-6-16(3)7-9-18/h6-9,17H,4-5,10-15H2,1-3H3,(H,20,23). The van der Waals surface area contributed by atoms with Crippen molar-refractivity contribution in [3.63, 3.8) is 0 Å². The normalized spacial score (nSPS) is 16.8. The molecule has 6 nitrogen and oxygen atoms in total. The number of nitrogens with zero attached hydrogens (tertiary/aromatic N) is 2. The summed E-state index contributed by atoms with van der Waals surface area (Å²) in [4.78, 5) is 14.6. The summed E-state index contributed by atoms with van der Waals surface area (Å²) in [5, 5.41) is 2.99. The molecule has 0 unspecified atom stereocenters. The smallest absolute Gasteiger partial charge is 0.243 e. The highest BCUT2D eigenvalue weighted by molar-refractivity contribution is 7.89. The van der Waals surface area contributed by atoms with E-state index in [-0.39, 0.29) is 11.8 Å². The van der Waals surface area contributed by atoms with Crippen LogP contribution in [0.1, 0.15) is 32.3 Å². The van der Waals surface area contributed by atoms with Gasteiger partial charge in [0.2, 0.25) is 15.9 Å². The first kappa shape index (κ1) is 20.9. The van der Waals surface area contributed by atoms with Crippen molar-refractivity contribution in [1.29, 1.82) is 0 Å². The molecule has 1 aromatic carbocycles. The quantitative estimate of drug-likeness (QED) is 0.746. The van der Waals surface area contributed by atoms with Crippen molar-refractivity contribution in [2.45, 2.75) is 38.5 Å². The zero-order valence-corrected chi connectivity index (χ0v) is 16.9. The first-order valence-corrected chi connectivity index (χ1v) is 10.9. The van der Waals surface area contributed by atoms with Crippen molar-refractivity contribution in [3.8, 4) is 0 Å². The summed E-state index contributed by atoms with van der Waals surface area (Å²) >= 11 is 0. The molecule has 1 N–H and O–H groups in total. The van der Waals surface area contributed by atoms with Gasteiger partial charge in [0.25, 0.3) is 0 Å². The molecule has 1 fully saturated rings. The zero-order valence-electron chi connectivity index (χ0n) is 16.1. The molecular weight excluding hydrogens is 350 g/mol. The zero-order chi connectivity index (χ0) is 19.2. The Morgan fingerprint density at radius 1 is 1.08 bits per heavy atom. The predicted molar refractivity (Wildman–Crippen MR) is 103 cm³/mol. The maximum Gasteiger partial charge on any atom is 0.243 e. The van der Waals surface area contributed by atoms with Crippen LogP contribution in [-0.2, 0) is 14.8 Å². The summed E-state index contributed by atoms with van der Waals surface area (Å²) < 4.78 is 27.0. The van der Waals surface area contributed by atoms with Crippen molar-refractivity contribution in [1.82, 2.24) is 14.5 Å². The molecular formula is C19H31N3O3S. The maximum atomic E-state index is 12.7. The van der Waals surface area contributed by atoms with Crippen LogP contribution in [-0.4, -0.2) is 62.8 Å². The predicted octanol–water partition coefficient (Wildman–Crippen LogP) is 1.85. The van der Waals surface area contributed by atoms with Crippen LogP contribution in [0.2, 0.25) is 0 Å². The summed E-state index contributed by atoms with van der Waals surface area (Å²) in [6.07, 6.45) is 1.72. The molecule has 0 aromatic heterocycles. The molecule has 0 bridgehead atoms.